The summed E-state index contributed by atoms with van der Waals surface area (Å²) in [5.74, 6) is 1.74. The highest BCUT2D eigenvalue weighted by Gasteiger charge is 2.25. The third kappa shape index (κ3) is 3.24. The summed E-state index contributed by atoms with van der Waals surface area (Å²) in [6.07, 6.45) is 7.32. The lowest BCUT2D eigenvalue weighted by Crippen LogP contribution is -2.32. The van der Waals surface area contributed by atoms with Crippen LogP contribution in [0.2, 0.25) is 0 Å². The van der Waals surface area contributed by atoms with Gasteiger partial charge in [0, 0.05) is 30.6 Å². The molecule has 0 aromatic carbocycles. The molecule has 0 unspecified atom stereocenters. The Labute approximate surface area is 126 Å². The predicted molar refractivity (Wildman–Crippen MR) is 84.7 cm³/mol. The van der Waals surface area contributed by atoms with Gasteiger partial charge in [0.2, 0.25) is 0 Å². The summed E-state index contributed by atoms with van der Waals surface area (Å²) >= 11 is 0. The van der Waals surface area contributed by atoms with Crippen molar-refractivity contribution in [1.29, 1.82) is 0 Å². The van der Waals surface area contributed by atoms with E-state index in [1.54, 1.807) is 12.4 Å². The largest absolute Gasteiger partial charge is 0.396 e. The fourth-order valence-electron chi connectivity index (χ4n) is 2.39. The highest BCUT2D eigenvalue weighted by Crippen LogP contribution is 2.27. The zero-order valence-electron chi connectivity index (χ0n) is 13.0. The second kappa shape index (κ2) is 6.72. The van der Waals surface area contributed by atoms with E-state index >= 15 is 0 Å². The summed E-state index contributed by atoms with van der Waals surface area (Å²) < 4.78 is 1.96. The Bertz CT molecular complexity index is 567. The van der Waals surface area contributed by atoms with Gasteiger partial charge in [0.1, 0.15) is 5.82 Å². The summed E-state index contributed by atoms with van der Waals surface area (Å²) in [4.78, 5) is 8.70. The van der Waals surface area contributed by atoms with Gasteiger partial charge < -0.3 is 10.4 Å². The van der Waals surface area contributed by atoms with Gasteiger partial charge in [0.05, 0.1) is 12.3 Å². The Hall–Kier alpha value is -1.88. The second-order valence-corrected chi connectivity index (χ2v) is 5.44. The summed E-state index contributed by atoms with van der Waals surface area (Å²) in [7, 11) is 0. The number of hydrogen-bond donors (Lipinski definition) is 2. The third-order valence-electron chi connectivity index (χ3n) is 4.33. The number of nitrogens with zero attached hydrogens (tertiary/aromatic N) is 3. The molecule has 0 aliphatic rings. The molecule has 0 saturated heterocycles. The molecule has 0 aliphatic carbocycles. The molecule has 5 heteroatoms. The van der Waals surface area contributed by atoms with Crippen LogP contribution in [0.5, 0.6) is 0 Å². The van der Waals surface area contributed by atoms with E-state index in [1.165, 1.54) is 0 Å². The topological polar surface area (TPSA) is 63.0 Å². The SMILES string of the molecule is CCC(CC)(CO)CNc1cccnc1-n1ccnc1C. The second-order valence-electron chi connectivity index (χ2n) is 5.44. The zero-order chi connectivity index (χ0) is 15.3. The molecule has 0 atom stereocenters. The maximum atomic E-state index is 9.68. The lowest BCUT2D eigenvalue weighted by atomic mass is 9.83. The van der Waals surface area contributed by atoms with E-state index in [1.807, 2.05) is 29.8 Å². The highest BCUT2D eigenvalue weighted by atomic mass is 16.3. The summed E-state index contributed by atoms with van der Waals surface area (Å²) in [5, 5.41) is 13.1. The number of aromatic nitrogens is 3. The fraction of sp³-hybridized carbons (Fsp3) is 0.500. The van der Waals surface area contributed by atoms with Crippen molar-refractivity contribution in [2.75, 3.05) is 18.5 Å². The summed E-state index contributed by atoms with van der Waals surface area (Å²) in [6, 6.07) is 3.92. The van der Waals surface area contributed by atoms with Crippen LogP contribution in [0, 0.1) is 12.3 Å². The maximum Gasteiger partial charge on any atom is 0.161 e. The van der Waals surface area contributed by atoms with Crippen molar-refractivity contribution in [3.05, 3.63) is 36.5 Å². The minimum absolute atomic E-state index is 0.0862. The van der Waals surface area contributed by atoms with Gasteiger partial charge in [-0.3, -0.25) is 4.57 Å². The van der Waals surface area contributed by atoms with Gasteiger partial charge in [-0.2, -0.15) is 0 Å². The van der Waals surface area contributed by atoms with E-state index in [-0.39, 0.29) is 12.0 Å². The van der Waals surface area contributed by atoms with E-state index in [9.17, 15) is 5.11 Å². The van der Waals surface area contributed by atoms with Gasteiger partial charge in [-0.05, 0) is 31.9 Å². The molecule has 2 N–H and O–H groups in total. The molecule has 0 aliphatic heterocycles. The quantitative estimate of drug-likeness (QED) is 0.822. The lowest BCUT2D eigenvalue weighted by Gasteiger charge is -2.30. The summed E-state index contributed by atoms with van der Waals surface area (Å²) in [5.41, 5.74) is 0.871. The summed E-state index contributed by atoms with van der Waals surface area (Å²) in [6.45, 7) is 7.10. The Morgan fingerprint density at radius 3 is 2.57 bits per heavy atom. The van der Waals surface area contributed by atoms with E-state index in [2.05, 4.69) is 29.1 Å². The first-order valence-corrected chi connectivity index (χ1v) is 7.46. The first kappa shape index (κ1) is 15.5. The Kier molecular flexibility index (Phi) is 4.96. The van der Waals surface area contributed by atoms with Gasteiger partial charge in [0.25, 0.3) is 0 Å². The van der Waals surface area contributed by atoms with Gasteiger partial charge in [-0.1, -0.05) is 13.8 Å². The number of imidazole rings is 1. The normalized spacial score (nSPS) is 11.6. The molecule has 2 rings (SSSR count). The Balaban J connectivity index is 2.24. The van der Waals surface area contributed by atoms with Gasteiger partial charge in [-0.15, -0.1) is 0 Å². The van der Waals surface area contributed by atoms with Crippen molar-refractivity contribution in [2.24, 2.45) is 5.41 Å². The first-order chi connectivity index (χ1) is 10.2. The molecule has 0 amide bonds. The Morgan fingerprint density at radius 1 is 1.24 bits per heavy atom. The van der Waals surface area contributed by atoms with Crippen LogP contribution in [-0.2, 0) is 0 Å². The van der Waals surface area contributed by atoms with Gasteiger partial charge in [-0.25, -0.2) is 9.97 Å². The molecule has 114 valence electrons. The number of hydrogen-bond acceptors (Lipinski definition) is 4. The van der Waals surface area contributed by atoms with Gasteiger partial charge in [0.15, 0.2) is 5.82 Å². The molecule has 0 spiro atoms. The van der Waals surface area contributed by atoms with Crippen molar-refractivity contribution < 1.29 is 5.11 Å². The molecule has 2 aromatic heterocycles. The highest BCUT2D eigenvalue weighted by molar-refractivity contribution is 5.57. The maximum absolute atomic E-state index is 9.68. The molecule has 5 nitrogen and oxygen atoms in total. The van der Waals surface area contributed by atoms with Crippen LogP contribution in [0.25, 0.3) is 5.82 Å². The molecule has 0 fully saturated rings. The zero-order valence-corrected chi connectivity index (χ0v) is 13.0. The number of aryl methyl sites for hydroxylation is 1. The molecular weight excluding hydrogens is 264 g/mol. The van der Waals surface area contributed by atoms with Crippen molar-refractivity contribution in [1.82, 2.24) is 14.5 Å². The van der Waals surface area contributed by atoms with Crippen LogP contribution in [0.3, 0.4) is 0 Å². The Morgan fingerprint density at radius 2 is 2.00 bits per heavy atom. The monoisotopic (exact) mass is 288 g/mol. The molecular formula is C16H24N4O. The van der Waals surface area contributed by atoms with Crippen molar-refractivity contribution in [2.45, 2.75) is 33.6 Å². The van der Waals surface area contributed by atoms with Crippen molar-refractivity contribution in [3.63, 3.8) is 0 Å². The van der Waals surface area contributed by atoms with E-state index in [0.717, 1.165) is 36.7 Å². The molecule has 0 saturated carbocycles. The first-order valence-electron chi connectivity index (χ1n) is 7.46. The minimum Gasteiger partial charge on any atom is -0.396 e. The van der Waals surface area contributed by atoms with E-state index in [4.69, 9.17) is 0 Å². The van der Waals surface area contributed by atoms with E-state index in [0.29, 0.717) is 0 Å². The third-order valence-corrected chi connectivity index (χ3v) is 4.33. The lowest BCUT2D eigenvalue weighted by molar-refractivity contribution is 0.127. The van der Waals surface area contributed by atoms with Crippen LogP contribution >= 0.6 is 0 Å². The molecule has 0 radical (unpaired) electrons. The number of aliphatic hydroxyl groups is 1. The fourth-order valence-corrected chi connectivity index (χ4v) is 2.39. The average Bonchev–Trinajstić information content (AvgIpc) is 2.95. The molecule has 2 heterocycles. The standard InChI is InChI=1S/C16H24N4O/c1-4-16(5-2,12-21)11-19-14-7-6-8-18-15(14)20-10-9-17-13(20)3/h6-10,19,21H,4-5,11-12H2,1-3H3. The van der Waals surface area contributed by atoms with Gasteiger partial charge >= 0.3 is 0 Å². The van der Waals surface area contributed by atoms with Crippen molar-refractivity contribution >= 4 is 5.69 Å². The molecule has 21 heavy (non-hydrogen) atoms. The number of nitrogens with one attached hydrogen (secondary N) is 1. The number of rotatable bonds is 7. The van der Waals surface area contributed by atoms with Crippen LogP contribution < -0.4 is 5.32 Å². The molecule has 0 bridgehead atoms. The van der Waals surface area contributed by atoms with Crippen LogP contribution in [0.15, 0.2) is 30.7 Å². The van der Waals surface area contributed by atoms with Crippen LogP contribution in [0.4, 0.5) is 5.69 Å². The molecule has 2 aromatic rings. The average molecular weight is 288 g/mol. The van der Waals surface area contributed by atoms with Crippen LogP contribution in [0.1, 0.15) is 32.5 Å². The number of anilines is 1. The van der Waals surface area contributed by atoms with Crippen LogP contribution in [-0.4, -0.2) is 32.8 Å². The van der Waals surface area contributed by atoms with Crippen molar-refractivity contribution in [3.8, 4) is 5.82 Å². The smallest absolute Gasteiger partial charge is 0.161 e. The van der Waals surface area contributed by atoms with E-state index < -0.39 is 0 Å². The minimum atomic E-state index is -0.0862. The predicted octanol–water partition coefficient (Wildman–Crippen LogP) is 2.79. The number of pyridine rings is 1. The number of aliphatic hydroxyl groups excluding tert-OH is 1.